The monoisotopic (exact) mass is 992 g/mol. The molecule has 2 heterocycles. The molecule has 14 heteroatoms. The third-order valence-corrected chi connectivity index (χ3v) is 13.2. The number of rotatable bonds is 22. The lowest BCUT2D eigenvalue weighted by Gasteiger charge is -2.23. The summed E-state index contributed by atoms with van der Waals surface area (Å²) in [5.41, 5.74) is 8.98. The fraction of sp³-hybridized carbons (Fsp3) is 0.300. The number of nitriles is 2. The zero-order valence-corrected chi connectivity index (χ0v) is 41.1. The van der Waals surface area contributed by atoms with Gasteiger partial charge in [-0.15, -0.1) is 0 Å². The van der Waals surface area contributed by atoms with Gasteiger partial charge in [-0.3, -0.25) is 29.0 Å². The van der Waals surface area contributed by atoms with Crippen molar-refractivity contribution in [1.82, 2.24) is 9.80 Å². The topological polar surface area (TPSA) is 178 Å². The molecular weight excluding hydrogens is 937 g/mol. The average molecular weight is 993 g/mol. The number of amides is 4. The molecule has 0 unspecified atom stereocenters. The molecule has 0 fully saturated rings. The van der Waals surface area contributed by atoms with Crippen molar-refractivity contribution >= 4 is 23.6 Å². The Morgan fingerprint density at radius 2 is 0.622 bits per heavy atom. The molecule has 2 aliphatic heterocycles. The van der Waals surface area contributed by atoms with Gasteiger partial charge in [-0.05, 0) is 81.6 Å². The largest absolute Gasteiger partial charge is 0.493 e. The Hall–Kier alpha value is -8.30. The van der Waals surface area contributed by atoms with E-state index < -0.39 is 0 Å². The molecule has 6 aromatic carbocycles. The van der Waals surface area contributed by atoms with Crippen LogP contribution in [0.2, 0.25) is 0 Å². The highest BCUT2D eigenvalue weighted by Crippen LogP contribution is 2.39. The van der Waals surface area contributed by atoms with Crippen LogP contribution >= 0.6 is 0 Å². The van der Waals surface area contributed by atoms with Gasteiger partial charge in [0.1, 0.15) is 36.2 Å². The molecule has 1 aliphatic carbocycles. The summed E-state index contributed by atoms with van der Waals surface area (Å²) in [5.74, 6) is 1.51. The van der Waals surface area contributed by atoms with Crippen LogP contribution in [0.1, 0.15) is 112 Å². The highest BCUT2D eigenvalue weighted by Gasteiger charge is 2.36. The van der Waals surface area contributed by atoms with Crippen LogP contribution in [0.15, 0.2) is 121 Å². The predicted octanol–water partition coefficient (Wildman–Crippen LogP) is 9.11. The molecule has 14 nitrogen and oxygen atoms in total. The van der Waals surface area contributed by atoms with Gasteiger partial charge in [0, 0.05) is 38.5 Å². The summed E-state index contributed by atoms with van der Waals surface area (Å²) in [6, 6.07) is 42.5. The molecule has 6 aromatic rings. The van der Waals surface area contributed by atoms with Crippen LogP contribution in [-0.4, -0.2) is 99.4 Å². The molecule has 376 valence electrons. The third-order valence-electron chi connectivity index (χ3n) is 13.2. The smallest absolute Gasteiger partial charge is 0.261 e. The number of unbranched alkanes of at least 4 members (excludes halogenated alkanes) is 2. The number of fused-ring (bicyclic) bond motifs is 10. The Balaban J connectivity index is 0.988. The molecule has 74 heavy (non-hydrogen) atoms. The molecule has 0 spiro atoms. The molecule has 0 saturated heterocycles. The number of para-hydroxylation sites is 4. The van der Waals surface area contributed by atoms with E-state index in [2.05, 4.69) is 36.4 Å². The van der Waals surface area contributed by atoms with Crippen molar-refractivity contribution < 1.29 is 47.6 Å². The molecule has 0 radical (unpaired) electrons. The van der Waals surface area contributed by atoms with Crippen LogP contribution in [0.4, 0.5) is 0 Å². The Morgan fingerprint density at radius 3 is 0.892 bits per heavy atom. The Kier molecular flexibility index (Phi) is 16.7. The highest BCUT2D eigenvalue weighted by molar-refractivity contribution is 6.22. The van der Waals surface area contributed by atoms with Crippen molar-refractivity contribution in [3.05, 3.63) is 188 Å². The first kappa shape index (κ1) is 50.6. The normalized spacial score (nSPS) is 13.5. The average Bonchev–Trinajstić information content (AvgIpc) is 3.80. The summed E-state index contributed by atoms with van der Waals surface area (Å²) in [6.07, 6.45) is 3.60. The van der Waals surface area contributed by atoms with Gasteiger partial charge in [-0.25, -0.2) is 0 Å². The first-order valence-electron chi connectivity index (χ1n) is 25.1. The Labute approximate surface area is 430 Å². The Morgan fingerprint density at radius 1 is 0.351 bits per heavy atom. The lowest BCUT2D eigenvalue weighted by atomic mass is 9.91. The highest BCUT2D eigenvalue weighted by atomic mass is 16.5. The molecule has 0 N–H and O–H groups in total. The van der Waals surface area contributed by atoms with Gasteiger partial charge in [0.05, 0.1) is 87.1 Å². The number of ether oxygens (including phenoxy) is 6. The molecule has 0 atom stereocenters. The minimum absolute atomic E-state index is 0.115. The van der Waals surface area contributed by atoms with E-state index in [0.717, 1.165) is 56.0 Å². The van der Waals surface area contributed by atoms with E-state index in [-0.39, 0.29) is 76.4 Å². The summed E-state index contributed by atoms with van der Waals surface area (Å²) in [7, 11) is 0. The second-order valence-electron chi connectivity index (χ2n) is 18.1. The number of carbonyl (C=O) groups excluding carboxylic acids is 4. The van der Waals surface area contributed by atoms with Gasteiger partial charge in [-0.1, -0.05) is 97.1 Å². The van der Waals surface area contributed by atoms with E-state index >= 15 is 0 Å². The quantitative estimate of drug-likeness (QED) is 0.0466. The van der Waals surface area contributed by atoms with Gasteiger partial charge >= 0.3 is 0 Å². The maximum absolute atomic E-state index is 13.0. The van der Waals surface area contributed by atoms with Crippen LogP contribution < -0.4 is 18.9 Å². The standard InChI is InChI=1S/C60H56N4O10/c61-25-5-7-29-71-53-41-13-9-15-43(53)39-47-19-12-20-48(56(47)74-36-34-70-32-28-64-59(67)51-23-3-4-24-52(51)60(64)68)40-44-16-10-14-42(54(44)72-30-8-6-26-62)38-46-18-11-17-45(37-41)55(46)73-35-33-69-31-27-63-57(65)49-21-1-2-22-50(49)58(63)66/h1-4,9-24H,5-8,27-40H2. The van der Waals surface area contributed by atoms with Crippen LogP contribution in [-0.2, 0) is 35.2 Å². The number of benzene rings is 6. The maximum atomic E-state index is 13.0. The van der Waals surface area contributed by atoms with Crippen LogP contribution in [0.3, 0.4) is 0 Å². The van der Waals surface area contributed by atoms with Crippen molar-refractivity contribution in [3.8, 4) is 35.1 Å². The number of hydrogen-bond acceptors (Lipinski definition) is 12. The second kappa shape index (κ2) is 24.4. The number of nitrogens with zero attached hydrogens (tertiary/aromatic N) is 4. The van der Waals surface area contributed by atoms with E-state index in [9.17, 15) is 29.7 Å². The molecule has 8 bridgehead atoms. The van der Waals surface area contributed by atoms with E-state index in [1.54, 1.807) is 48.5 Å². The summed E-state index contributed by atoms with van der Waals surface area (Å²) in [5, 5.41) is 18.8. The summed E-state index contributed by atoms with van der Waals surface area (Å²) >= 11 is 0. The first-order chi connectivity index (χ1) is 36.3. The van der Waals surface area contributed by atoms with Crippen molar-refractivity contribution in [3.63, 3.8) is 0 Å². The van der Waals surface area contributed by atoms with Gasteiger partial charge in [-0.2, -0.15) is 10.5 Å². The van der Waals surface area contributed by atoms with Crippen LogP contribution in [0.25, 0.3) is 0 Å². The molecule has 9 rings (SSSR count). The summed E-state index contributed by atoms with van der Waals surface area (Å²) < 4.78 is 38.7. The lowest BCUT2D eigenvalue weighted by molar-refractivity contribution is 0.0516. The number of carbonyl (C=O) groups is 4. The first-order valence-corrected chi connectivity index (χ1v) is 25.1. The van der Waals surface area contributed by atoms with E-state index in [4.69, 9.17) is 28.4 Å². The fourth-order valence-corrected chi connectivity index (χ4v) is 9.68. The summed E-state index contributed by atoms with van der Waals surface area (Å²) in [6.45, 7) is 1.98. The molecule has 0 saturated carbocycles. The van der Waals surface area contributed by atoms with Crippen molar-refractivity contribution in [2.75, 3.05) is 65.9 Å². The number of hydrogen-bond donors (Lipinski definition) is 0. The minimum Gasteiger partial charge on any atom is -0.493 e. The predicted molar refractivity (Wildman–Crippen MR) is 274 cm³/mol. The Bertz CT molecular complexity index is 2770. The number of imide groups is 2. The minimum atomic E-state index is -0.328. The van der Waals surface area contributed by atoms with Gasteiger partial charge in [0.2, 0.25) is 0 Å². The third kappa shape index (κ3) is 11.5. The molecule has 3 aliphatic rings. The molecule has 0 aromatic heterocycles. The second-order valence-corrected chi connectivity index (χ2v) is 18.1. The fourth-order valence-electron chi connectivity index (χ4n) is 9.68. The van der Waals surface area contributed by atoms with Crippen molar-refractivity contribution in [2.24, 2.45) is 0 Å². The van der Waals surface area contributed by atoms with Crippen LogP contribution in [0.5, 0.6) is 23.0 Å². The van der Waals surface area contributed by atoms with Crippen LogP contribution in [0, 0.1) is 22.7 Å². The molecule has 4 amide bonds. The van der Waals surface area contributed by atoms with E-state index in [0.29, 0.717) is 98.3 Å². The SMILES string of the molecule is N#CCCCOc1c2cccc1Cc1cccc(c1OCCOCCN1C(=O)c3ccccc3C1=O)Cc1cccc(c1OCCCC#N)Cc1cccc(c1OCCOCCN1C(=O)c3ccccc3C1=O)C2. The maximum Gasteiger partial charge on any atom is 0.261 e. The van der Waals surface area contributed by atoms with E-state index in [1.165, 1.54) is 9.80 Å². The lowest BCUT2D eigenvalue weighted by Crippen LogP contribution is -2.33. The van der Waals surface area contributed by atoms with Crippen molar-refractivity contribution in [1.29, 1.82) is 10.5 Å². The zero-order chi connectivity index (χ0) is 51.2. The van der Waals surface area contributed by atoms with Gasteiger partial charge in [0.25, 0.3) is 23.6 Å². The van der Waals surface area contributed by atoms with Gasteiger partial charge < -0.3 is 28.4 Å². The van der Waals surface area contributed by atoms with E-state index in [1.807, 2.05) is 48.5 Å². The van der Waals surface area contributed by atoms with Gasteiger partial charge in [0.15, 0.2) is 0 Å². The molecular formula is C60H56N4O10. The zero-order valence-electron chi connectivity index (χ0n) is 41.1. The van der Waals surface area contributed by atoms with Crippen molar-refractivity contribution in [2.45, 2.75) is 51.4 Å². The summed E-state index contributed by atoms with van der Waals surface area (Å²) in [4.78, 5) is 54.3.